The van der Waals surface area contributed by atoms with Crippen LogP contribution in [0.15, 0.2) is 121 Å². The molecule has 0 unspecified atom stereocenters. The van der Waals surface area contributed by atoms with E-state index in [0.717, 1.165) is 0 Å². The molecule has 0 spiro atoms. The van der Waals surface area contributed by atoms with Gasteiger partial charge in [-0.15, -0.1) is 0 Å². The van der Waals surface area contributed by atoms with Crippen LogP contribution in [0.2, 0.25) is 0 Å². The molecule has 4 aromatic rings. The normalized spacial score (nSPS) is 8.74. The van der Waals surface area contributed by atoms with Crippen molar-refractivity contribution < 1.29 is 10.2 Å². The van der Waals surface area contributed by atoms with Crippen LogP contribution >= 0.6 is 0 Å². The van der Waals surface area contributed by atoms with Gasteiger partial charge in [0, 0.05) is 0 Å². The molecule has 2 N–H and O–H groups in total. The van der Waals surface area contributed by atoms with Gasteiger partial charge < -0.3 is 10.2 Å². The minimum absolute atomic E-state index is 0. The summed E-state index contributed by atoms with van der Waals surface area (Å²) in [5.41, 5.74) is 2.55. The monoisotopic (exact) mass is 372 g/mol. The first-order valence-electron chi connectivity index (χ1n) is 8.34. The van der Waals surface area contributed by atoms with Crippen LogP contribution in [0, 0.1) is 0 Å². The number of benzene rings is 4. The predicted molar refractivity (Wildman–Crippen MR) is 118 cm³/mol. The third kappa shape index (κ3) is 9.32. The molecule has 0 radical (unpaired) electrons. The minimum atomic E-state index is 0. The van der Waals surface area contributed by atoms with Gasteiger partial charge in [0.1, 0.15) is 11.5 Å². The molecule has 3 heteroatoms. The number of aromatic hydroxyl groups is 2. The average Bonchev–Trinajstić information content (AvgIpc) is 2.72. The summed E-state index contributed by atoms with van der Waals surface area (Å²) in [6, 6.07) is 38.2. The topological polar surface area (TPSA) is 40.5 Å². The predicted octanol–water partition coefficient (Wildman–Crippen LogP) is 4.95. The fourth-order valence-electron chi connectivity index (χ4n) is 2.12. The molecule has 136 valence electrons. The van der Waals surface area contributed by atoms with E-state index in [-0.39, 0.29) is 17.4 Å². The second-order valence-electron chi connectivity index (χ2n) is 5.40. The lowest BCUT2D eigenvalue weighted by molar-refractivity contribution is 0.475. The van der Waals surface area contributed by atoms with Gasteiger partial charge in [0.05, 0.1) is 0 Å². The third-order valence-corrected chi connectivity index (χ3v) is 3.39. The van der Waals surface area contributed by atoms with Crippen LogP contribution in [-0.2, 0) is 0 Å². The van der Waals surface area contributed by atoms with Gasteiger partial charge in [-0.3, -0.25) is 0 Å². The molecule has 27 heavy (non-hydrogen) atoms. The highest BCUT2D eigenvalue weighted by atomic mass is 27.0. The minimum Gasteiger partial charge on any atom is -0.508 e. The third-order valence-electron chi connectivity index (χ3n) is 3.39. The lowest BCUT2D eigenvalue weighted by Gasteiger charge is -1.98. The van der Waals surface area contributed by atoms with Gasteiger partial charge in [0.25, 0.3) is 0 Å². The molecule has 0 fully saturated rings. The molecule has 4 rings (SSSR count). The smallest absolute Gasteiger partial charge is 0.187 e. The molecular weight excluding hydrogens is 347 g/mol. The van der Waals surface area contributed by atoms with E-state index in [1.165, 1.54) is 11.1 Å². The maximum Gasteiger partial charge on any atom is 0.187 e. The molecule has 0 aliphatic heterocycles. The van der Waals surface area contributed by atoms with E-state index in [0.29, 0.717) is 11.5 Å². The summed E-state index contributed by atoms with van der Waals surface area (Å²) in [4.78, 5) is 0. The van der Waals surface area contributed by atoms with Gasteiger partial charge in [-0.1, -0.05) is 97.1 Å². The summed E-state index contributed by atoms with van der Waals surface area (Å²) < 4.78 is 0. The van der Waals surface area contributed by atoms with E-state index in [2.05, 4.69) is 48.5 Å². The van der Waals surface area contributed by atoms with Crippen molar-refractivity contribution >= 4 is 17.4 Å². The van der Waals surface area contributed by atoms with Gasteiger partial charge in [-0.25, -0.2) is 0 Å². The van der Waals surface area contributed by atoms with Gasteiger partial charge in [0.2, 0.25) is 0 Å². The Morgan fingerprint density at radius 3 is 0.741 bits per heavy atom. The van der Waals surface area contributed by atoms with Crippen LogP contribution in [0.5, 0.6) is 11.5 Å². The highest BCUT2D eigenvalue weighted by Gasteiger charge is 1.91. The van der Waals surface area contributed by atoms with Crippen LogP contribution in [-0.4, -0.2) is 27.6 Å². The second-order valence-corrected chi connectivity index (χ2v) is 5.40. The molecule has 0 saturated heterocycles. The van der Waals surface area contributed by atoms with Crippen molar-refractivity contribution in [1.82, 2.24) is 0 Å². The van der Waals surface area contributed by atoms with Crippen molar-refractivity contribution in [2.75, 3.05) is 0 Å². The van der Waals surface area contributed by atoms with Crippen molar-refractivity contribution in [3.05, 3.63) is 121 Å². The van der Waals surface area contributed by atoms with Crippen LogP contribution in [0.1, 0.15) is 0 Å². The Balaban J connectivity index is 0.000000211. The van der Waals surface area contributed by atoms with Gasteiger partial charge in [-0.05, 0) is 35.4 Å². The molecule has 4 aromatic carbocycles. The number of phenolic OH excluding ortho intramolecular Hbond substituents is 2. The zero-order valence-corrected chi connectivity index (χ0v) is 14.4. The molecule has 0 bridgehead atoms. The van der Waals surface area contributed by atoms with Gasteiger partial charge >= 0.3 is 0 Å². The van der Waals surface area contributed by atoms with Gasteiger partial charge in [-0.2, -0.15) is 0 Å². The SMILES string of the molecule is Oc1ccccc1.Oc1ccccc1.[AlH3].c1ccc(-c2ccccc2)cc1. The summed E-state index contributed by atoms with van der Waals surface area (Å²) in [6.07, 6.45) is 0. The van der Waals surface area contributed by atoms with E-state index >= 15 is 0 Å². The van der Waals surface area contributed by atoms with Crippen molar-refractivity contribution in [3.63, 3.8) is 0 Å². The lowest BCUT2D eigenvalue weighted by atomic mass is 10.1. The second kappa shape index (κ2) is 13.2. The number of hydrogen-bond acceptors (Lipinski definition) is 2. The Labute approximate surface area is 171 Å². The average molecular weight is 372 g/mol. The highest BCUT2D eigenvalue weighted by Crippen LogP contribution is 2.17. The molecule has 0 heterocycles. The van der Waals surface area contributed by atoms with Crippen LogP contribution in [0.3, 0.4) is 0 Å². The molecule has 0 aliphatic rings. The first kappa shape index (κ1) is 22.1. The maximum atomic E-state index is 8.63. The first-order chi connectivity index (χ1) is 12.8. The van der Waals surface area contributed by atoms with E-state index in [4.69, 9.17) is 10.2 Å². The number of phenols is 2. The number of para-hydroxylation sites is 2. The molecule has 0 saturated carbocycles. The van der Waals surface area contributed by atoms with Crippen LogP contribution < -0.4 is 0 Å². The molecule has 0 amide bonds. The Morgan fingerprint density at radius 1 is 0.333 bits per heavy atom. The summed E-state index contributed by atoms with van der Waals surface area (Å²) in [5.74, 6) is 0.644. The molecule has 0 atom stereocenters. The number of rotatable bonds is 1. The zero-order valence-electron chi connectivity index (χ0n) is 14.4. The number of hydrogen-bond donors (Lipinski definition) is 2. The first-order valence-corrected chi connectivity index (χ1v) is 8.34. The van der Waals surface area contributed by atoms with Gasteiger partial charge in [0.15, 0.2) is 17.4 Å². The van der Waals surface area contributed by atoms with Crippen LogP contribution in [0.4, 0.5) is 0 Å². The van der Waals surface area contributed by atoms with E-state index in [1.807, 2.05) is 24.3 Å². The van der Waals surface area contributed by atoms with Crippen molar-refractivity contribution in [3.8, 4) is 22.6 Å². The van der Waals surface area contributed by atoms with E-state index in [1.54, 1.807) is 48.5 Å². The van der Waals surface area contributed by atoms with Crippen molar-refractivity contribution in [2.45, 2.75) is 0 Å². The van der Waals surface area contributed by atoms with Crippen LogP contribution in [0.25, 0.3) is 11.1 Å². The van der Waals surface area contributed by atoms with E-state index in [9.17, 15) is 0 Å². The molecule has 2 nitrogen and oxygen atoms in total. The Kier molecular flexibility index (Phi) is 10.8. The molecular formula is C24H25AlO2. The summed E-state index contributed by atoms with van der Waals surface area (Å²) in [7, 11) is 0. The Bertz CT molecular complexity index is 761. The largest absolute Gasteiger partial charge is 0.508 e. The molecule has 0 aliphatic carbocycles. The highest BCUT2D eigenvalue weighted by molar-refractivity contribution is 5.75. The van der Waals surface area contributed by atoms with E-state index < -0.39 is 0 Å². The lowest BCUT2D eigenvalue weighted by Crippen LogP contribution is -1.73. The fourth-order valence-corrected chi connectivity index (χ4v) is 2.12. The summed E-state index contributed by atoms with van der Waals surface area (Å²) in [5, 5.41) is 17.3. The van der Waals surface area contributed by atoms with Crippen molar-refractivity contribution in [1.29, 1.82) is 0 Å². The fraction of sp³-hybridized carbons (Fsp3) is 0. The quantitative estimate of drug-likeness (QED) is 0.464. The standard InChI is InChI=1S/C12H10.2C6H6O.Al.3H/c1-3-7-11(8-4-1)12-9-5-2-6-10-12;2*7-6-4-2-1-3-5-6;;;;/h1-10H;2*1-5,7H;;;;. The van der Waals surface area contributed by atoms with Crippen molar-refractivity contribution in [2.24, 2.45) is 0 Å². The molecule has 0 aromatic heterocycles. The Morgan fingerprint density at radius 2 is 0.556 bits per heavy atom. The summed E-state index contributed by atoms with van der Waals surface area (Å²) >= 11 is 0. The maximum absolute atomic E-state index is 8.63. The summed E-state index contributed by atoms with van der Waals surface area (Å²) in [6.45, 7) is 0. The Hall–Kier alpha value is -2.99. The zero-order chi connectivity index (χ0) is 18.5.